The van der Waals surface area contributed by atoms with E-state index < -0.39 is 10.8 Å². The molecular weight excluding hydrogens is 500 g/mol. The largest absolute Gasteiger partial charge is 0.345 e. The first-order valence-electron chi connectivity index (χ1n) is 9.34. The second-order valence-electron chi connectivity index (χ2n) is 6.75. The predicted octanol–water partition coefficient (Wildman–Crippen LogP) is 3.46. The maximum atomic E-state index is 12.3. The summed E-state index contributed by atoms with van der Waals surface area (Å²) in [5, 5.41) is 25.0. The zero-order chi connectivity index (χ0) is 23.3. The number of rotatable bonds is 8. The van der Waals surface area contributed by atoms with Crippen molar-refractivity contribution in [1.29, 1.82) is 0 Å². The summed E-state index contributed by atoms with van der Waals surface area (Å²) in [4.78, 5) is 34.8. The molecule has 0 fully saturated rings. The van der Waals surface area contributed by atoms with Gasteiger partial charge in [-0.2, -0.15) is 0 Å². The molecule has 3 aromatic rings. The normalized spacial score (nSPS) is 10.6. The SMILES string of the molecule is Cc1cc(NC(=O)CSc2nnc(CNC(=O)c3cccc([N+](=O)[O-])c3)n2C)ccc1Br. The van der Waals surface area contributed by atoms with Gasteiger partial charge >= 0.3 is 0 Å². The number of aryl methyl sites for hydroxylation is 1. The van der Waals surface area contributed by atoms with Gasteiger partial charge in [0.15, 0.2) is 11.0 Å². The molecule has 3 rings (SSSR count). The van der Waals surface area contributed by atoms with Crippen molar-refractivity contribution in [2.75, 3.05) is 11.1 Å². The second kappa shape index (κ2) is 10.4. The maximum Gasteiger partial charge on any atom is 0.270 e. The number of hydrogen-bond donors (Lipinski definition) is 2. The third kappa shape index (κ3) is 5.92. The number of anilines is 1. The van der Waals surface area contributed by atoms with Crippen LogP contribution < -0.4 is 10.6 Å². The van der Waals surface area contributed by atoms with E-state index in [1.807, 2.05) is 25.1 Å². The molecule has 1 aromatic heterocycles. The highest BCUT2D eigenvalue weighted by Crippen LogP contribution is 2.21. The van der Waals surface area contributed by atoms with Crippen LogP contribution in [0.1, 0.15) is 21.7 Å². The van der Waals surface area contributed by atoms with Crippen LogP contribution in [0.4, 0.5) is 11.4 Å². The van der Waals surface area contributed by atoms with E-state index in [9.17, 15) is 19.7 Å². The summed E-state index contributed by atoms with van der Waals surface area (Å²) in [6.07, 6.45) is 0. The van der Waals surface area contributed by atoms with Crippen molar-refractivity contribution in [3.8, 4) is 0 Å². The molecule has 2 aromatic carbocycles. The number of hydrogen-bond acceptors (Lipinski definition) is 7. The lowest BCUT2D eigenvalue weighted by molar-refractivity contribution is -0.384. The molecule has 0 aliphatic heterocycles. The van der Waals surface area contributed by atoms with Crippen molar-refractivity contribution in [1.82, 2.24) is 20.1 Å². The fraction of sp³-hybridized carbons (Fsp3) is 0.200. The Morgan fingerprint density at radius 1 is 1.22 bits per heavy atom. The first-order chi connectivity index (χ1) is 15.2. The Balaban J connectivity index is 1.54. The van der Waals surface area contributed by atoms with Gasteiger partial charge in [0.1, 0.15) is 0 Å². The molecule has 0 spiro atoms. The lowest BCUT2D eigenvalue weighted by Gasteiger charge is -2.08. The van der Waals surface area contributed by atoms with E-state index >= 15 is 0 Å². The molecule has 0 saturated heterocycles. The molecule has 0 saturated carbocycles. The van der Waals surface area contributed by atoms with Crippen LogP contribution in [0, 0.1) is 17.0 Å². The van der Waals surface area contributed by atoms with E-state index in [4.69, 9.17) is 0 Å². The number of non-ortho nitro benzene ring substituents is 1. The number of nitro groups is 1. The molecule has 12 heteroatoms. The summed E-state index contributed by atoms with van der Waals surface area (Å²) in [6.45, 7) is 2.02. The number of thioether (sulfide) groups is 1. The molecule has 0 unspecified atom stereocenters. The molecule has 0 aliphatic rings. The average Bonchev–Trinajstić information content (AvgIpc) is 3.12. The van der Waals surface area contributed by atoms with Crippen molar-refractivity contribution in [2.45, 2.75) is 18.6 Å². The number of nitro benzene ring substituents is 1. The van der Waals surface area contributed by atoms with Gasteiger partial charge in [-0.3, -0.25) is 19.7 Å². The molecule has 10 nitrogen and oxygen atoms in total. The van der Waals surface area contributed by atoms with Gasteiger partial charge in [-0.1, -0.05) is 33.8 Å². The molecule has 166 valence electrons. The van der Waals surface area contributed by atoms with Crippen molar-refractivity contribution >= 4 is 50.9 Å². The Hall–Kier alpha value is -3.25. The minimum absolute atomic E-state index is 0.0793. The number of nitrogens with one attached hydrogen (secondary N) is 2. The third-order valence-corrected chi connectivity index (χ3v) is 6.34. The van der Waals surface area contributed by atoms with E-state index in [2.05, 4.69) is 36.8 Å². The molecule has 0 atom stereocenters. The predicted molar refractivity (Wildman–Crippen MR) is 124 cm³/mol. The zero-order valence-electron chi connectivity index (χ0n) is 17.2. The van der Waals surface area contributed by atoms with Crippen molar-refractivity contribution in [2.24, 2.45) is 7.05 Å². The van der Waals surface area contributed by atoms with Gasteiger partial charge in [0.2, 0.25) is 5.91 Å². The number of aromatic nitrogens is 3. The van der Waals surface area contributed by atoms with Gasteiger partial charge in [-0.15, -0.1) is 10.2 Å². The number of carbonyl (C=O) groups is 2. The smallest absolute Gasteiger partial charge is 0.270 e. The Bertz CT molecular complexity index is 1180. The van der Waals surface area contributed by atoms with Crippen molar-refractivity contribution < 1.29 is 14.5 Å². The monoisotopic (exact) mass is 518 g/mol. The Morgan fingerprint density at radius 2 is 2.00 bits per heavy atom. The molecule has 1 heterocycles. The minimum Gasteiger partial charge on any atom is -0.345 e. The van der Waals surface area contributed by atoms with Crippen molar-refractivity contribution in [3.05, 3.63) is 74.0 Å². The first kappa shape index (κ1) is 23.4. The van der Waals surface area contributed by atoms with Gasteiger partial charge in [0.05, 0.1) is 17.2 Å². The molecule has 2 amide bonds. The Kier molecular flexibility index (Phi) is 7.59. The Labute approximate surface area is 196 Å². The van der Waals surface area contributed by atoms with Gasteiger partial charge in [0, 0.05) is 34.9 Å². The summed E-state index contributed by atoms with van der Waals surface area (Å²) >= 11 is 4.64. The van der Waals surface area contributed by atoms with Crippen LogP contribution in [0.25, 0.3) is 0 Å². The fourth-order valence-electron chi connectivity index (χ4n) is 2.70. The van der Waals surface area contributed by atoms with Gasteiger partial charge in [0.25, 0.3) is 11.6 Å². The molecule has 0 aliphatic carbocycles. The molecule has 32 heavy (non-hydrogen) atoms. The highest BCUT2D eigenvalue weighted by atomic mass is 79.9. The van der Waals surface area contributed by atoms with E-state index in [-0.39, 0.29) is 29.5 Å². The fourth-order valence-corrected chi connectivity index (χ4v) is 3.67. The Morgan fingerprint density at radius 3 is 2.72 bits per heavy atom. The quantitative estimate of drug-likeness (QED) is 0.265. The molecule has 0 radical (unpaired) electrons. The molecule has 0 bridgehead atoms. The summed E-state index contributed by atoms with van der Waals surface area (Å²) in [5.74, 6) is -0.0215. The summed E-state index contributed by atoms with van der Waals surface area (Å²) in [7, 11) is 1.73. The highest BCUT2D eigenvalue weighted by molar-refractivity contribution is 9.10. The second-order valence-corrected chi connectivity index (χ2v) is 8.55. The van der Waals surface area contributed by atoms with Crippen LogP contribution in [-0.2, 0) is 18.4 Å². The number of halogens is 1. The zero-order valence-corrected chi connectivity index (χ0v) is 19.6. The van der Waals surface area contributed by atoms with E-state index in [0.717, 1.165) is 10.0 Å². The van der Waals surface area contributed by atoms with Crippen LogP contribution in [0.15, 0.2) is 52.1 Å². The average molecular weight is 519 g/mol. The highest BCUT2D eigenvalue weighted by Gasteiger charge is 2.15. The van der Waals surface area contributed by atoms with E-state index in [0.29, 0.717) is 16.7 Å². The van der Waals surface area contributed by atoms with Crippen LogP contribution in [0.2, 0.25) is 0 Å². The standard InChI is InChI=1S/C20H19BrN6O4S/c1-12-8-14(6-7-16(12)21)23-18(28)11-32-20-25-24-17(26(20)2)10-22-19(29)13-4-3-5-15(9-13)27(30)31/h3-9H,10-11H2,1-2H3,(H,22,29)(H,23,28). The van der Waals surface area contributed by atoms with E-state index in [1.165, 1.54) is 36.0 Å². The summed E-state index contributed by atoms with van der Waals surface area (Å²) in [6, 6.07) is 11.0. The van der Waals surface area contributed by atoms with Gasteiger partial charge < -0.3 is 15.2 Å². The lowest BCUT2D eigenvalue weighted by atomic mass is 10.2. The minimum atomic E-state index is -0.559. The summed E-state index contributed by atoms with van der Waals surface area (Å²) in [5.41, 5.74) is 1.74. The third-order valence-electron chi connectivity index (χ3n) is 4.43. The first-order valence-corrected chi connectivity index (χ1v) is 11.1. The summed E-state index contributed by atoms with van der Waals surface area (Å²) < 4.78 is 2.64. The number of nitrogens with zero attached hydrogens (tertiary/aromatic N) is 4. The van der Waals surface area contributed by atoms with Crippen molar-refractivity contribution in [3.63, 3.8) is 0 Å². The topological polar surface area (TPSA) is 132 Å². The number of benzene rings is 2. The molecular formula is C20H19BrN6O4S. The van der Waals surface area contributed by atoms with Crippen LogP contribution >= 0.6 is 27.7 Å². The van der Waals surface area contributed by atoms with Crippen LogP contribution in [-0.4, -0.2) is 37.3 Å². The van der Waals surface area contributed by atoms with Gasteiger partial charge in [-0.25, -0.2) is 0 Å². The number of carbonyl (C=O) groups excluding carboxylic acids is 2. The van der Waals surface area contributed by atoms with Gasteiger partial charge in [-0.05, 0) is 36.8 Å². The maximum absolute atomic E-state index is 12.3. The van der Waals surface area contributed by atoms with Crippen LogP contribution in [0.3, 0.4) is 0 Å². The molecule has 2 N–H and O–H groups in total. The van der Waals surface area contributed by atoms with Crippen LogP contribution in [0.5, 0.6) is 0 Å². The lowest BCUT2D eigenvalue weighted by Crippen LogP contribution is -2.24. The number of amides is 2. The van der Waals surface area contributed by atoms with E-state index in [1.54, 1.807) is 11.6 Å².